The number of carboxylic acids is 1. The molecule has 6 rings (SSSR count). The number of nitro groups is 1. The molecule has 4 N–H and O–H groups in total. The molecular weight excluding hydrogens is 633 g/mol. The normalized spacial score (nSPS) is 22.3. The number of allylic oxidation sites excluding steroid dienone is 1. The zero-order chi connectivity index (χ0) is 31.8. The Morgan fingerprint density at radius 2 is 2.04 bits per heavy atom. The number of nitro benzene ring substituents is 1. The molecule has 4 aliphatic rings. The number of thiazole rings is 1. The molecule has 2 saturated heterocycles. The summed E-state index contributed by atoms with van der Waals surface area (Å²) in [5.41, 5.74) is 5.65. The van der Waals surface area contributed by atoms with Gasteiger partial charge in [-0.05, 0) is 44.2 Å². The summed E-state index contributed by atoms with van der Waals surface area (Å²) in [5.74, 6) is -3.56. The zero-order valence-electron chi connectivity index (χ0n) is 24.6. The van der Waals surface area contributed by atoms with Crippen LogP contribution in [0.2, 0.25) is 0 Å². The first-order valence-corrected chi connectivity index (χ1v) is 15.0. The van der Waals surface area contributed by atoms with Crippen molar-refractivity contribution in [3.05, 3.63) is 68.6 Å². The van der Waals surface area contributed by atoms with E-state index in [9.17, 15) is 34.4 Å². The number of nitrogen functional groups attached to an aromatic ring is 1. The second kappa shape index (κ2) is 13.6. The first-order chi connectivity index (χ1) is 21.6. The molecule has 2 atom stereocenters. The molecule has 16 nitrogen and oxygen atoms in total. The van der Waals surface area contributed by atoms with Crippen LogP contribution in [0.25, 0.3) is 0 Å². The van der Waals surface area contributed by atoms with E-state index < -0.39 is 46.4 Å². The van der Waals surface area contributed by atoms with Crippen LogP contribution in [0.5, 0.6) is 0 Å². The van der Waals surface area contributed by atoms with Crippen molar-refractivity contribution < 1.29 is 38.8 Å². The van der Waals surface area contributed by atoms with Gasteiger partial charge in [0.2, 0.25) is 0 Å². The number of rotatable bonds is 9. The SMILES string of the molecule is Nc1nc(/C(=N/OC2CCCC2)C(=O)N[C@@H]2C(=O)N3C(C(=O)O)=C(/C=C4\CCN(c5cccc([N+](=O)[O-])c5)C4=O)OC[C@H]23)cs1.[Na]. The van der Waals surface area contributed by atoms with E-state index in [1.165, 1.54) is 29.2 Å². The fourth-order valence-electron chi connectivity index (χ4n) is 5.69. The summed E-state index contributed by atoms with van der Waals surface area (Å²) in [6, 6.07) is 3.65. The second-order valence-corrected chi connectivity index (χ2v) is 11.6. The number of hydrogen-bond acceptors (Lipinski definition) is 12. The quantitative estimate of drug-likeness (QED) is 0.0869. The monoisotopic (exact) mass is 660 g/mol. The van der Waals surface area contributed by atoms with Crippen LogP contribution in [0.15, 0.2) is 57.9 Å². The summed E-state index contributed by atoms with van der Waals surface area (Å²) in [6.45, 7) is 0.0456. The van der Waals surface area contributed by atoms with Gasteiger partial charge < -0.3 is 30.6 Å². The molecule has 0 spiro atoms. The molecule has 1 aliphatic carbocycles. The van der Waals surface area contributed by atoms with E-state index in [-0.39, 0.29) is 88.8 Å². The van der Waals surface area contributed by atoms with Gasteiger partial charge >= 0.3 is 5.97 Å². The number of fused-ring (bicyclic) bond motifs is 1. The Morgan fingerprint density at radius 3 is 2.72 bits per heavy atom. The molecule has 2 aromatic rings. The molecule has 235 valence electrons. The van der Waals surface area contributed by atoms with Gasteiger partial charge in [0, 0.05) is 59.2 Å². The van der Waals surface area contributed by atoms with E-state index in [4.69, 9.17) is 15.3 Å². The molecule has 1 aromatic carbocycles. The second-order valence-electron chi connectivity index (χ2n) is 10.7. The molecule has 3 aliphatic heterocycles. The smallest absolute Gasteiger partial charge is 0.356 e. The number of aromatic nitrogens is 1. The van der Waals surface area contributed by atoms with Crippen LogP contribution in [0.4, 0.5) is 16.5 Å². The Bertz CT molecular complexity index is 1700. The van der Waals surface area contributed by atoms with E-state index in [0.29, 0.717) is 5.69 Å². The van der Waals surface area contributed by atoms with Gasteiger partial charge in [0.1, 0.15) is 30.5 Å². The van der Waals surface area contributed by atoms with Crippen molar-refractivity contribution in [1.82, 2.24) is 15.2 Å². The molecule has 1 saturated carbocycles. The Kier molecular flexibility index (Phi) is 9.76. The number of anilines is 2. The van der Waals surface area contributed by atoms with Crippen LogP contribution in [-0.2, 0) is 28.8 Å². The summed E-state index contributed by atoms with van der Waals surface area (Å²) in [5, 5.41) is 29.6. The number of carboxylic acid groups (broad SMARTS) is 1. The van der Waals surface area contributed by atoms with Gasteiger partial charge in [0.25, 0.3) is 23.4 Å². The minimum absolute atomic E-state index is 0. The molecule has 0 bridgehead atoms. The van der Waals surface area contributed by atoms with Crippen molar-refractivity contribution in [2.75, 3.05) is 23.8 Å². The van der Waals surface area contributed by atoms with Gasteiger partial charge in [-0.15, -0.1) is 11.3 Å². The number of nitrogens with zero attached hydrogens (tertiary/aromatic N) is 5. The van der Waals surface area contributed by atoms with Crippen molar-refractivity contribution in [3.8, 4) is 0 Å². The zero-order valence-corrected chi connectivity index (χ0v) is 27.4. The third-order valence-corrected chi connectivity index (χ3v) is 8.62. The molecular formula is C28H27N7NaO9S. The molecule has 18 heteroatoms. The predicted octanol–water partition coefficient (Wildman–Crippen LogP) is 1.30. The maximum atomic E-state index is 13.3. The van der Waals surface area contributed by atoms with E-state index in [1.54, 1.807) is 11.4 Å². The number of carbonyl (C=O) groups excluding carboxylic acids is 3. The Balaban J connectivity index is 0.00000417. The minimum Gasteiger partial charge on any atom is -0.489 e. The number of benzene rings is 1. The van der Waals surface area contributed by atoms with Gasteiger partial charge in [-0.2, -0.15) is 0 Å². The van der Waals surface area contributed by atoms with E-state index in [0.717, 1.165) is 41.9 Å². The molecule has 1 aromatic heterocycles. The average Bonchev–Trinajstić information content (AvgIpc) is 3.78. The summed E-state index contributed by atoms with van der Waals surface area (Å²) in [4.78, 5) is 74.7. The van der Waals surface area contributed by atoms with E-state index in [2.05, 4.69) is 15.5 Å². The first kappa shape index (κ1) is 33.1. The van der Waals surface area contributed by atoms with Gasteiger partial charge in [-0.1, -0.05) is 11.2 Å². The standard InChI is InChI=1S/C28H27N7O9S.Na/c29-28-30-18(13-45-28)21(32-44-17-6-1-2-7-17)24(36)31-22-19-12-43-20(23(27(39)40)34(19)26(22)38)10-14-8-9-33(25(14)37)15-4-3-5-16(11-15)35(41)42;/h3-5,10-11,13,17,19,22H,1-2,6-9,12H2,(H2,29,30)(H,31,36)(H,39,40);/b14-10+,32-21-;/t19-,22+;/m1./s1. The molecule has 3 fully saturated rings. The van der Waals surface area contributed by atoms with Gasteiger partial charge in [-0.3, -0.25) is 29.4 Å². The van der Waals surface area contributed by atoms with Crippen LogP contribution in [-0.4, -0.2) is 110 Å². The summed E-state index contributed by atoms with van der Waals surface area (Å²) in [7, 11) is 0. The maximum absolute atomic E-state index is 13.3. The van der Waals surface area contributed by atoms with Crippen molar-refractivity contribution >= 4 is 86.8 Å². The predicted molar refractivity (Wildman–Crippen MR) is 163 cm³/mol. The van der Waals surface area contributed by atoms with Crippen molar-refractivity contribution in [2.24, 2.45) is 5.16 Å². The number of carbonyl (C=O) groups is 4. The average molecular weight is 661 g/mol. The number of oxime groups is 1. The summed E-state index contributed by atoms with van der Waals surface area (Å²) >= 11 is 1.11. The molecule has 46 heavy (non-hydrogen) atoms. The number of amides is 3. The van der Waals surface area contributed by atoms with Gasteiger partial charge in [0.05, 0.1) is 10.6 Å². The number of nitrogens with one attached hydrogen (secondary N) is 1. The molecule has 4 heterocycles. The maximum Gasteiger partial charge on any atom is 0.356 e. The Hall–Kier alpha value is -4.32. The number of nitrogens with two attached hydrogens (primary N) is 1. The minimum atomic E-state index is -1.46. The van der Waals surface area contributed by atoms with Crippen molar-refractivity contribution in [2.45, 2.75) is 50.3 Å². The number of non-ortho nitro benzene ring substituents is 1. The number of hydrogen-bond donors (Lipinski definition) is 3. The molecule has 3 amide bonds. The van der Waals surface area contributed by atoms with Crippen LogP contribution in [0.1, 0.15) is 37.8 Å². The first-order valence-electron chi connectivity index (χ1n) is 14.1. The fourth-order valence-corrected chi connectivity index (χ4v) is 6.24. The Morgan fingerprint density at radius 1 is 1.28 bits per heavy atom. The Labute approximate surface area is 287 Å². The van der Waals surface area contributed by atoms with E-state index in [1.807, 2.05) is 0 Å². The van der Waals surface area contributed by atoms with Gasteiger partial charge in [0.15, 0.2) is 22.3 Å². The van der Waals surface area contributed by atoms with Crippen LogP contribution < -0.4 is 16.0 Å². The number of β-lactam (4-membered cyclic amide) rings is 1. The third-order valence-electron chi connectivity index (χ3n) is 7.95. The van der Waals surface area contributed by atoms with Gasteiger partial charge in [-0.25, -0.2) is 9.78 Å². The number of ether oxygens (including phenoxy) is 1. The molecule has 1 radical (unpaired) electrons. The van der Waals surface area contributed by atoms with Crippen LogP contribution in [0.3, 0.4) is 0 Å². The van der Waals surface area contributed by atoms with Crippen LogP contribution >= 0.6 is 11.3 Å². The number of aliphatic carboxylic acids is 1. The van der Waals surface area contributed by atoms with Crippen molar-refractivity contribution in [1.29, 1.82) is 0 Å². The van der Waals surface area contributed by atoms with Crippen molar-refractivity contribution in [3.63, 3.8) is 0 Å². The summed E-state index contributed by atoms with van der Waals surface area (Å²) < 4.78 is 5.75. The fraction of sp³-hybridized carbons (Fsp3) is 0.357. The topological polar surface area (TPSA) is 220 Å². The largest absolute Gasteiger partial charge is 0.489 e. The van der Waals surface area contributed by atoms with E-state index >= 15 is 0 Å². The summed E-state index contributed by atoms with van der Waals surface area (Å²) in [6.07, 6.45) is 4.92. The molecule has 0 unspecified atom stereocenters. The third kappa shape index (κ3) is 6.35. The van der Waals surface area contributed by atoms with Crippen LogP contribution in [0, 0.1) is 10.1 Å².